The average molecular weight is 356 g/mol. The minimum absolute atomic E-state index is 0.336. The second kappa shape index (κ2) is 7.11. The van der Waals surface area contributed by atoms with E-state index in [0.29, 0.717) is 21.9 Å². The first-order chi connectivity index (χ1) is 12.1. The lowest BCUT2D eigenvalue weighted by Gasteiger charge is -2.07. The molecule has 6 heteroatoms. The van der Waals surface area contributed by atoms with Gasteiger partial charge in [-0.1, -0.05) is 24.3 Å². The predicted octanol–water partition coefficient (Wildman–Crippen LogP) is 3.56. The molecule has 1 aromatic heterocycles. The highest BCUT2D eigenvalue weighted by Gasteiger charge is 2.13. The Bertz CT molecular complexity index is 1000. The van der Waals surface area contributed by atoms with Gasteiger partial charge in [0.15, 0.2) is 4.80 Å². The number of thiazole rings is 1. The number of hydrogen-bond acceptors (Lipinski definition) is 4. The molecular formula is C19H20N2O3S. The van der Waals surface area contributed by atoms with Gasteiger partial charge in [-0.3, -0.25) is 4.79 Å². The van der Waals surface area contributed by atoms with Crippen LogP contribution in [0.4, 0.5) is 0 Å². The Morgan fingerprint density at radius 1 is 1.16 bits per heavy atom. The molecule has 25 heavy (non-hydrogen) atoms. The van der Waals surface area contributed by atoms with E-state index in [-0.39, 0.29) is 5.91 Å². The van der Waals surface area contributed by atoms with Gasteiger partial charge in [-0.2, -0.15) is 4.99 Å². The van der Waals surface area contributed by atoms with Crippen molar-refractivity contribution < 1.29 is 14.3 Å². The van der Waals surface area contributed by atoms with E-state index in [1.807, 2.05) is 11.6 Å². The highest BCUT2D eigenvalue weighted by molar-refractivity contribution is 7.16. The molecule has 1 amide bonds. The topological polar surface area (TPSA) is 52.8 Å². The maximum Gasteiger partial charge on any atom is 0.283 e. The van der Waals surface area contributed by atoms with E-state index in [4.69, 9.17) is 9.47 Å². The number of ether oxygens (including phenoxy) is 2. The van der Waals surface area contributed by atoms with E-state index in [1.54, 1.807) is 25.3 Å². The van der Waals surface area contributed by atoms with Crippen LogP contribution in [0.1, 0.15) is 22.8 Å². The van der Waals surface area contributed by atoms with Crippen molar-refractivity contribution in [1.29, 1.82) is 0 Å². The standard InChI is InChI=1S/C19H20N2O3S/c1-5-12-6-9-15-17(10-12)25-19(21(15)2)20-18(22)14-8-7-13(23-3)11-16(14)24-4/h6-11H,5H2,1-4H3. The van der Waals surface area contributed by atoms with Crippen LogP contribution in [0.25, 0.3) is 10.2 Å². The first-order valence-electron chi connectivity index (χ1n) is 7.97. The molecule has 0 aliphatic rings. The van der Waals surface area contributed by atoms with Gasteiger partial charge in [0.1, 0.15) is 11.5 Å². The molecule has 0 radical (unpaired) electrons. The summed E-state index contributed by atoms with van der Waals surface area (Å²) in [6, 6.07) is 11.4. The number of benzene rings is 2. The predicted molar refractivity (Wildman–Crippen MR) is 99.6 cm³/mol. The first kappa shape index (κ1) is 17.2. The Labute approximate surface area is 150 Å². The van der Waals surface area contributed by atoms with E-state index in [9.17, 15) is 4.79 Å². The maximum absolute atomic E-state index is 12.7. The summed E-state index contributed by atoms with van der Waals surface area (Å²) in [5.41, 5.74) is 2.74. The summed E-state index contributed by atoms with van der Waals surface area (Å²) in [5, 5.41) is 0. The summed E-state index contributed by atoms with van der Waals surface area (Å²) < 4.78 is 13.5. The molecule has 130 valence electrons. The van der Waals surface area contributed by atoms with Crippen LogP contribution < -0.4 is 14.3 Å². The molecule has 1 heterocycles. The summed E-state index contributed by atoms with van der Waals surface area (Å²) >= 11 is 1.51. The van der Waals surface area contributed by atoms with Gasteiger partial charge >= 0.3 is 0 Å². The van der Waals surface area contributed by atoms with Crippen molar-refractivity contribution in [3.63, 3.8) is 0 Å². The molecule has 3 rings (SSSR count). The SMILES string of the molecule is CCc1ccc2c(c1)sc(=NC(=O)c1ccc(OC)cc1OC)n2C. The van der Waals surface area contributed by atoms with Crippen molar-refractivity contribution >= 4 is 27.5 Å². The van der Waals surface area contributed by atoms with Crippen LogP contribution in [0.5, 0.6) is 11.5 Å². The summed E-state index contributed by atoms with van der Waals surface area (Å²) in [7, 11) is 5.02. The lowest BCUT2D eigenvalue weighted by atomic mass is 10.2. The molecule has 2 aromatic carbocycles. The number of fused-ring (bicyclic) bond motifs is 1. The van der Waals surface area contributed by atoms with Gasteiger partial charge in [0.25, 0.3) is 5.91 Å². The first-order valence-corrected chi connectivity index (χ1v) is 8.78. The highest BCUT2D eigenvalue weighted by atomic mass is 32.1. The molecular weight excluding hydrogens is 336 g/mol. The van der Waals surface area contributed by atoms with Crippen LogP contribution in [0, 0.1) is 0 Å². The summed E-state index contributed by atoms with van der Waals surface area (Å²) in [6.45, 7) is 2.12. The number of amides is 1. The molecule has 0 aliphatic heterocycles. The second-order valence-corrected chi connectivity index (χ2v) is 6.59. The number of aromatic nitrogens is 1. The van der Waals surface area contributed by atoms with Crippen molar-refractivity contribution in [3.8, 4) is 11.5 Å². The molecule has 3 aromatic rings. The van der Waals surface area contributed by atoms with Gasteiger partial charge in [0, 0.05) is 13.1 Å². The summed E-state index contributed by atoms with van der Waals surface area (Å²) in [6.07, 6.45) is 0.978. The van der Waals surface area contributed by atoms with E-state index in [2.05, 4.69) is 30.1 Å². The lowest BCUT2D eigenvalue weighted by Crippen LogP contribution is -2.13. The number of carbonyl (C=O) groups is 1. The van der Waals surface area contributed by atoms with Crippen LogP contribution in [-0.4, -0.2) is 24.7 Å². The zero-order valence-electron chi connectivity index (χ0n) is 14.7. The number of carbonyl (C=O) groups excluding carboxylic acids is 1. The number of methoxy groups -OCH3 is 2. The zero-order valence-corrected chi connectivity index (χ0v) is 15.5. The average Bonchev–Trinajstić information content (AvgIpc) is 2.95. The molecule has 0 saturated carbocycles. The fourth-order valence-electron chi connectivity index (χ4n) is 2.63. The van der Waals surface area contributed by atoms with Crippen molar-refractivity contribution in [2.24, 2.45) is 12.0 Å². The smallest absolute Gasteiger partial charge is 0.283 e. The molecule has 0 fully saturated rings. The quantitative estimate of drug-likeness (QED) is 0.718. The number of hydrogen-bond donors (Lipinski definition) is 0. The molecule has 0 atom stereocenters. The van der Waals surface area contributed by atoms with Crippen LogP contribution in [0.3, 0.4) is 0 Å². The minimum atomic E-state index is -0.336. The molecule has 0 N–H and O–H groups in total. The Morgan fingerprint density at radius 3 is 2.64 bits per heavy atom. The molecule has 0 aliphatic carbocycles. The number of nitrogens with zero attached hydrogens (tertiary/aromatic N) is 2. The van der Waals surface area contributed by atoms with Gasteiger partial charge in [-0.25, -0.2) is 0 Å². The van der Waals surface area contributed by atoms with Crippen molar-refractivity contribution in [3.05, 3.63) is 52.3 Å². The van der Waals surface area contributed by atoms with Crippen molar-refractivity contribution in [1.82, 2.24) is 4.57 Å². The third kappa shape index (κ3) is 3.30. The van der Waals surface area contributed by atoms with E-state index in [1.165, 1.54) is 24.0 Å². The highest BCUT2D eigenvalue weighted by Crippen LogP contribution is 2.25. The fraction of sp³-hybridized carbons (Fsp3) is 0.263. The second-order valence-electron chi connectivity index (χ2n) is 5.58. The fourth-order valence-corrected chi connectivity index (χ4v) is 3.71. The Morgan fingerprint density at radius 2 is 1.96 bits per heavy atom. The monoisotopic (exact) mass is 356 g/mol. The van der Waals surface area contributed by atoms with Gasteiger partial charge in [-0.05, 0) is 36.2 Å². The van der Waals surface area contributed by atoms with Gasteiger partial charge < -0.3 is 14.0 Å². The van der Waals surface area contributed by atoms with Crippen molar-refractivity contribution in [2.45, 2.75) is 13.3 Å². The summed E-state index contributed by atoms with van der Waals surface area (Å²) in [5.74, 6) is 0.746. The van der Waals surface area contributed by atoms with Crippen LogP contribution in [0.2, 0.25) is 0 Å². The zero-order chi connectivity index (χ0) is 18.0. The molecule has 0 unspecified atom stereocenters. The normalized spacial score (nSPS) is 11.8. The third-order valence-corrected chi connectivity index (χ3v) is 5.21. The van der Waals surface area contributed by atoms with Gasteiger partial charge in [-0.15, -0.1) is 0 Å². The third-order valence-electron chi connectivity index (χ3n) is 4.12. The Balaban J connectivity index is 2.07. The minimum Gasteiger partial charge on any atom is -0.497 e. The Kier molecular flexibility index (Phi) is 4.90. The number of aryl methyl sites for hydroxylation is 2. The largest absolute Gasteiger partial charge is 0.497 e. The molecule has 0 saturated heterocycles. The summed E-state index contributed by atoms with van der Waals surface area (Å²) in [4.78, 5) is 17.6. The van der Waals surface area contributed by atoms with Crippen LogP contribution in [0.15, 0.2) is 41.4 Å². The maximum atomic E-state index is 12.7. The van der Waals surface area contributed by atoms with Gasteiger partial charge in [0.05, 0.1) is 30.0 Å². The molecule has 0 bridgehead atoms. The van der Waals surface area contributed by atoms with Crippen LogP contribution >= 0.6 is 11.3 Å². The Hall–Kier alpha value is -2.60. The van der Waals surface area contributed by atoms with E-state index >= 15 is 0 Å². The van der Waals surface area contributed by atoms with Crippen molar-refractivity contribution in [2.75, 3.05) is 14.2 Å². The number of rotatable bonds is 4. The van der Waals surface area contributed by atoms with E-state index < -0.39 is 0 Å². The molecule has 5 nitrogen and oxygen atoms in total. The molecule has 0 spiro atoms. The van der Waals surface area contributed by atoms with Gasteiger partial charge in [0.2, 0.25) is 0 Å². The van der Waals surface area contributed by atoms with E-state index in [0.717, 1.165) is 16.6 Å². The lowest BCUT2D eigenvalue weighted by molar-refractivity contribution is 0.0995. The van der Waals surface area contributed by atoms with Crippen LogP contribution in [-0.2, 0) is 13.5 Å².